The highest BCUT2D eigenvalue weighted by atomic mass is 32.1. The summed E-state index contributed by atoms with van der Waals surface area (Å²) in [5.41, 5.74) is 11.9. The molecule has 8 aromatic rings. The van der Waals surface area contributed by atoms with Crippen LogP contribution in [0, 0.1) is 55.4 Å². The van der Waals surface area contributed by atoms with Crippen LogP contribution in [0.3, 0.4) is 0 Å². The van der Waals surface area contributed by atoms with Gasteiger partial charge in [0, 0.05) is 16.3 Å². The molecular formula is C45H45NS. The van der Waals surface area contributed by atoms with Gasteiger partial charge in [-0.25, -0.2) is 0 Å². The summed E-state index contributed by atoms with van der Waals surface area (Å²) < 4.78 is 1.44. The molecule has 47 heavy (non-hydrogen) atoms. The van der Waals surface area contributed by atoms with Crippen molar-refractivity contribution in [1.29, 1.82) is 0 Å². The average Bonchev–Trinajstić information content (AvgIpc) is 3.60. The van der Waals surface area contributed by atoms with Crippen LogP contribution in [-0.4, -0.2) is 4.98 Å². The summed E-state index contributed by atoms with van der Waals surface area (Å²) in [5, 5.41) is 10.3. The molecule has 0 aliphatic carbocycles. The van der Waals surface area contributed by atoms with Crippen LogP contribution in [0.4, 0.5) is 0 Å². The third-order valence-electron chi connectivity index (χ3n) is 8.94. The fraction of sp³-hybridized carbons (Fsp3) is 0.178. The molecule has 236 valence electrons. The van der Waals surface area contributed by atoms with Gasteiger partial charge < -0.3 is 0 Å². The standard InChI is InChI=1S/2C12H12.C11H11N.C10H10S/c1-9-5-3-8-12-10(2)6-4-7-11(9)12;1-9-7-8-10(2)12-6-4-3-5-11(9)12;1-8-5-6-9(2)11-10(8)4-3-7-12-11;1-7-3-4-8(2)10-9(7)5-6-11-10/h2*3-8H,1-2H3;3-7H,1-2H3;3-6H,1-2H3. The number of pyridine rings is 1. The van der Waals surface area contributed by atoms with Gasteiger partial charge in [0.2, 0.25) is 0 Å². The third-order valence-corrected chi connectivity index (χ3v) is 9.99. The van der Waals surface area contributed by atoms with Gasteiger partial charge in [0.15, 0.2) is 0 Å². The number of nitrogens with zero attached hydrogens (tertiary/aromatic N) is 1. The minimum Gasteiger partial charge on any atom is -0.256 e. The number of benzene rings is 6. The van der Waals surface area contributed by atoms with Crippen molar-refractivity contribution in [3.05, 3.63) is 171 Å². The molecule has 0 amide bonds. The number of rotatable bonds is 0. The first-order valence-corrected chi connectivity index (χ1v) is 17.2. The molecule has 0 fully saturated rings. The zero-order valence-electron chi connectivity index (χ0n) is 29.0. The number of hydrogen-bond acceptors (Lipinski definition) is 2. The Morgan fingerprint density at radius 2 is 0.745 bits per heavy atom. The average molecular weight is 632 g/mol. The van der Waals surface area contributed by atoms with Crippen LogP contribution >= 0.6 is 11.3 Å². The van der Waals surface area contributed by atoms with Crippen molar-refractivity contribution in [2.24, 2.45) is 0 Å². The summed E-state index contributed by atoms with van der Waals surface area (Å²) in [7, 11) is 0. The lowest BCUT2D eigenvalue weighted by Gasteiger charge is -2.03. The Kier molecular flexibility index (Phi) is 10.9. The zero-order valence-corrected chi connectivity index (χ0v) is 29.8. The maximum absolute atomic E-state index is 4.34. The van der Waals surface area contributed by atoms with Gasteiger partial charge in [-0.3, -0.25) is 4.98 Å². The first kappa shape index (κ1) is 33.6. The van der Waals surface area contributed by atoms with Crippen LogP contribution in [0.15, 0.2) is 127 Å². The van der Waals surface area contributed by atoms with Crippen LogP contribution in [0.2, 0.25) is 0 Å². The quantitative estimate of drug-likeness (QED) is 0.162. The van der Waals surface area contributed by atoms with Crippen LogP contribution < -0.4 is 0 Å². The highest BCUT2D eigenvalue weighted by Crippen LogP contribution is 2.27. The van der Waals surface area contributed by atoms with E-state index in [0.717, 1.165) is 5.52 Å². The van der Waals surface area contributed by atoms with E-state index in [4.69, 9.17) is 0 Å². The van der Waals surface area contributed by atoms with Crippen molar-refractivity contribution in [2.45, 2.75) is 55.4 Å². The predicted molar refractivity (Wildman–Crippen MR) is 209 cm³/mol. The number of hydrogen-bond donors (Lipinski definition) is 0. The highest BCUT2D eigenvalue weighted by molar-refractivity contribution is 7.17. The van der Waals surface area contributed by atoms with Gasteiger partial charge in [-0.05, 0) is 144 Å². The number of fused-ring (bicyclic) bond motifs is 4. The Balaban J connectivity index is 0.000000123. The Morgan fingerprint density at radius 3 is 1.26 bits per heavy atom. The Morgan fingerprint density at radius 1 is 0.340 bits per heavy atom. The predicted octanol–water partition coefficient (Wildman–Crippen LogP) is 13.3. The molecular weight excluding hydrogens is 587 g/mol. The van der Waals surface area contributed by atoms with E-state index in [0.29, 0.717) is 0 Å². The molecule has 2 heterocycles. The molecule has 6 aromatic carbocycles. The second-order valence-corrected chi connectivity index (χ2v) is 13.4. The van der Waals surface area contributed by atoms with E-state index >= 15 is 0 Å². The lowest BCUT2D eigenvalue weighted by Crippen LogP contribution is -1.84. The SMILES string of the molecule is Cc1ccc(C)c2ccccc12.Cc1ccc(C)c2ncccc12.Cc1ccc(C)c2sccc12.Cc1cccc2c(C)cccc12. The second kappa shape index (κ2) is 15.2. The van der Waals surface area contributed by atoms with Gasteiger partial charge in [-0.15, -0.1) is 11.3 Å². The summed E-state index contributed by atoms with van der Waals surface area (Å²) >= 11 is 1.83. The molecule has 0 atom stereocenters. The first-order chi connectivity index (χ1) is 22.7. The molecule has 0 spiro atoms. The normalized spacial score (nSPS) is 10.6. The molecule has 0 saturated carbocycles. The smallest absolute Gasteiger partial charge is 0.0733 e. The van der Waals surface area contributed by atoms with E-state index in [2.05, 4.69) is 175 Å². The molecule has 2 heteroatoms. The third kappa shape index (κ3) is 7.79. The zero-order chi connectivity index (χ0) is 33.5. The van der Waals surface area contributed by atoms with Crippen LogP contribution in [-0.2, 0) is 0 Å². The summed E-state index contributed by atoms with van der Waals surface area (Å²) in [5.74, 6) is 0. The van der Waals surface area contributed by atoms with Gasteiger partial charge in [0.25, 0.3) is 0 Å². The molecule has 0 aliphatic rings. The molecule has 2 aromatic heterocycles. The maximum Gasteiger partial charge on any atom is 0.0733 e. The van der Waals surface area contributed by atoms with Crippen molar-refractivity contribution in [1.82, 2.24) is 4.98 Å². The Hall–Kier alpha value is -4.79. The molecule has 0 unspecified atom stereocenters. The topological polar surface area (TPSA) is 12.9 Å². The lowest BCUT2D eigenvalue weighted by molar-refractivity contribution is 1.35. The summed E-state index contributed by atoms with van der Waals surface area (Å²) in [4.78, 5) is 4.34. The molecule has 0 bridgehead atoms. The van der Waals surface area contributed by atoms with Gasteiger partial charge in [-0.2, -0.15) is 0 Å². The van der Waals surface area contributed by atoms with E-state index < -0.39 is 0 Å². The van der Waals surface area contributed by atoms with Gasteiger partial charge in [0.1, 0.15) is 0 Å². The number of thiophene rings is 1. The van der Waals surface area contributed by atoms with E-state index in [-0.39, 0.29) is 0 Å². The van der Waals surface area contributed by atoms with Crippen LogP contribution in [0.5, 0.6) is 0 Å². The van der Waals surface area contributed by atoms with Crippen LogP contribution in [0.1, 0.15) is 44.5 Å². The van der Waals surface area contributed by atoms with Crippen molar-refractivity contribution in [2.75, 3.05) is 0 Å². The Labute approximate surface area is 284 Å². The fourth-order valence-electron chi connectivity index (χ4n) is 6.02. The van der Waals surface area contributed by atoms with Gasteiger partial charge >= 0.3 is 0 Å². The van der Waals surface area contributed by atoms with E-state index in [1.807, 2.05) is 23.6 Å². The minimum atomic E-state index is 1.12. The fourth-order valence-corrected chi connectivity index (χ4v) is 6.97. The molecule has 0 aliphatic heterocycles. The largest absolute Gasteiger partial charge is 0.256 e. The molecule has 0 N–H and O–H groups in total. The van der Waals surface area contributed by atoms with E-state index in [9.17, 15) is 0 Å². The van der Waals surface area contributed by atoms with Crippen molar-refractivity contribution in [3.8, 4) is 0 Å². The van der Waals surface area contributed by atoms with Crippen molar-refractivity contribution >= 4 is 53.9 Å². The Bertz CT molecular complexity index is 2000. The highest BCUT2D eigenvalue weighted by Gasteiger charge is 2.01. The molecule has 0 radical (unpaired) electrons. The summed E-state index contributed by atoms with van der Waals surface area (Å²) in [6, 6.07) is 40.7. The van der Waals surface area contributed by atoms with Gasteiger partial charge in [0.05, 0.1) is 5.52 Å². The molecule has 1 nitrogen and oxygen atoms in total. The summed E-state index contributed by atoms with van der Waals surface area (Å²) in [6.45, 7) is 17.2. The maximum atomic E-state index is 4.34. The lowest BCUT2D eigenvalue weighted by atomic mass is 10.0. The van der Waals surface area contributed by atoms with E-state index in [1.165, 1.54) is 81.5 Å². The second-order valence-electron chi connectivity index (χ2n) is 12.5. The minimum absolute atomic E-state index is 1.12. The monoisotopic (exact) mass is 631 g/mol. The number of aryl methyl sites for hydroxylation is 8. The van der Waals surface area contributed by atoms with Gasteiger partial charge in [-0.1, -0.05) is 103 Å². The van der Waals surface area contributed by atoms with Crippen molar-refractivity contribution in [3.63, 3.8) is 0 Å². The summed E-state index contributed by atoms with van der Waals surface area (Å²) in [6.07, 6.45) is 1.84. The number of aromatic nitrogens is 1. The first-order valence-electron chi connectivity index (χ1n) is 16.3. The molecule has 8 rings (SSSR count). The van der Waals surface area contributed by atoms with Crippen molar-refractivity contribution < 1.29 is 0 Å². The molecule has 0 saturated heterocycles. The van der Waals surface area contributed by atoms with Crippen LogP contribution in [0.25, 0.3) is 42.5 Å². The van der Waals surface area contributed by atoms with E-state index in [1.54, 1.807) is 0 Å².